The molecule has 2 nitrogen and oxygen atoms in total. The molecule has 5 heteroatoms. The first-order valence-electron chi connectivity index (χ1n) is 11.2. The first-order valence-corrected chi connectivity index (χ1v) is 14.0. The molecule has 2 aliphatic rings. The number of alkyl halides is 1. The van der Waals surface area contributed by atoms with Gasteiger partial charge in [0.1, 0.15) is 0 Å². The van der Waals surface area contributed by atoms with Gasteiger partial charge in [-0.1, -0.05) is 88.7 Å². The van der Waals surface area contributed by atoms with E-state index in [4.69, 9.17) is 0 Å². The number of allylic oxidation sites excluding steroid dienone is 2. The second-order valence-corrected chi connectivity index (χ2v) is 12.3. The summed E-state index contributed by atoms with van der Waals surface area (Å²) in [6, 6.07) is 0. The molecule has 0 saturated carbocycles. The Hall–Kier alpha value is 0.250. The molecule has 0 aliphatic carbocycles. The highest BCUT2D eigenvalue weighted by atomic mass is 127. The van der Waals surface area contributed by atoms with Gasteiger partial charge in [-0.25, -0.2) is 0 Å². The molecule has 0 N–H and O–H groups in total. The lowest BCUT2D eigenvalue weighted by Crippen LogP contribution is -2.36. The fourth-order valence-electron chi connectivity index (χ4n) is 3.72. The van der Waals surface area contributed by atoms with E-state index < -0.39 is 0 Å². The normalized spacial score (nSPS) is 23.7. The first kappa shape index (κ1) is 24.5. The van der Waals surface area contributed by atoms with Crippen LogP contribution in [0, 0.1) is 0 Å². The van der Waals surface area contributed by atoms with Crippen molar-refractivity contribution in [2.75, 3.05) is 13.1 Å². The molecule has 0 saturated heterocycles. The molecule has 0 radical (unpaired) electrons. The van der Waals surface area contributed by atoms with Crippen molar-refractivity contribution in [2.45, 2.75) is 94.8 Å². The average molecular weight is 535 g/mol. The number of unbranched alkanes of at least 4 members (excludes halogenated alkanes) is 8. The maximum absolute atomic E-state index is 2.67. The van der Waals surface area contributed by atoms with E-state index >= 15 is 0 Å². The van der Waals surface area contributed by atoms with Crippen LogP contribution < -0.4 is 0 Å². The summed E-state index contributed by atoms with van der Waals surface area (Å²) in [6.07, 6.45) is 15.9. The van der Waals surface area contributed by atoms with Gasteiger partial charge in [-0.15, -0.1) is 0 Å². The molecule has 2 aliphatic heterocycles. The second kappa shape index (κ2) is 12.8. The molecule has 2 heterocycles. The number of thioether (sulfide) groups is 2. The predicted octanol–water partition coefficient (Wildman–Crippen LogP) is 8.68. The Bertz CT molecular complexity index is 573. The van der Waals surface area contributed by atoms with E-state index in [1.165, 1.54) is 87.2 Å². The van der Waals surface area contributed by atoms with Crippen LogP contribution in [0.1, 0.15) is 91.9 Å². The fourth-order valence-corrected chi connectivity index (χ4v) is 7.33. The highest BCUT2D eigenvalue weighted by Gasteiger charge is 2.38. The zero-order valence-electron chi connectivity index (χ0n) is 18.3. The van der Waals surface area contributed by atoms with Crippen LogP contribution in [0.4, 0.5) is 0 Å². The lowest BCUT2D eigenvalue weighted by atomic mass is 10.1. The van der Waals surface area contributed by atoms with Crippen LogP contribution in [0.5, 0.6) is 0 Å². The van der Waals surface area contributed by atoms with E-state index in [1.54, 1.807) is 0 Å². The molecule has 0 bridgehead atoms. The van der Waals surface area contributed by atoms with Gasteiger partial charge in [0.05, 0.1) is 5.03 Å². The Morgan fingerprint density at radius 2 is 1.46 bits per heavy atom. The Morgan fingerprint density at radius 1 is 0.857 bits per heavy atom. The van der Waals surface area contributed by atoms with Crippen molar-refractivity contribution in [2.24, 2.45) is 0 Å². The summed E-state index contributed by atoms with van der Waals surface area (Å²) in [5.41, 5.74) is 2.83. The lowest BCUT2D eigenvalue weighted by Gasteiger charge is -2.35. The molecule has 1 atom stereocenters. The predicted molar refractivity (Wildman–Crippen MR) is 138 cm³/mol. The second-order valence-electron chi connectivity index (χ2n) is 7.98. The van der Waals surface area contributed by atoms with Crippen LogP contribution in [-0.4, -0.2) is 25.8 Å². The van der Waals surface area contributed by atoms with E-state index in [0.717, 1.165) is 6.54 Å². The van der Waals surface area contributed by atoms with Gasteiger partial charge in [0.15, 0.2) is 2.88 Å². The Morgan fingerprint density at radius 3 is 2.11 bits per heavy atom. The third-order valence-electron chi connectivity index (χ3n) is 5.50. The summed E-state index contributed by atoms with van der Waals surface area (Å²) < 4.78 is 0.0217. The van der Waals surface area contributed by atoms with Crippen LogP contribution in [0.3, 0.4) is 0 Å². The summed E-state index contributed by atoms with van der Waals surface area (Å²) in [4.78, 5) is 5.16. The van der Waals surface area contributed by atoms with Crippen molar-refractivity contribution in [3.8, 4) is 0 Å². The van der Waals surface area contributed by atoms with E-state index in [-0.39, 0.29) is 2.88 Å². The molecule has 28 heavy (non-hydrogen) atoms. The zero-order chi connectivity index (χ0) is 20.4. The molecule has 0 amide bonds. The SMILES string of the molecule is CCCCCCCN1C(C)=CS/C1=C/C1(I)SC=C(C)N1CCCCCCC. The molecule has 0 aromatic heterocycles. The van der Waals surface area contributed by atoms with Crippen molar-refractivity contribution in [3.05, 3.63) is 33.3 Å². The number of hydrogen-bond acceptors (Lipinski definition) is 4. The molecular formula is C23H39IN2S2. The largest absolute Gasteiger partial charge is 0.348 e. The van der Waals surface area contributed by atoms with Crippen molar-refractivity contribution in [3.63, 3.8) is 0 Å². The minimum absolute atomic E-state index is 0.0217. The summed E-state index contributed by atoms with van der Waals surface area (Å²) in [7, 11) is 0. The van der Waals surface area contributed by atoms with E-state index in [1.807, 2.05) is 23.5 Å². The lowest BCUT2D eigenvalue weighted by molar-refractivity contribution is 0.339. The molecule has 0 aromatic rings. The summed E-state index contributed by atoms with van der Waals surface area (Å²) in [5, 5.41) is 6.10. The third-order valence-corrected chi connectivity index (χ3v) is 9.33. The van der Waals surface area contributed by atoms with Gasteiger partial charge < -0.3 is 9.80 Å². The Balaban J connectivity index is 1.95. The van der Waals surface area contributed by atoms with Crippen LogP contribution in [0.25, 0.3) is 0 Å². The molecule has 2 rings (SSSR count). The molecule has 0 fully saturated rings. The van der Waals surface area contributed by atoms with Crippen molar-refractivity contribution in [1.29, 1.82) is 0 Å². The van der Waals surface area contributed by atoms with Gasteiger partial charge in [0.2, 0.25) is 0 Å². The van der Waals surface area contributed by atoms with Crippen molar-refractivity contribution >= 4 is 46.1 Å². The zero-order valence-corrected chi connectivity index (χ0v) is 22.1. The highest BCUT2D eigenvalue weighted by molar-refractivity contribution is 14.1. The van der Waals surface area contributed by atoms with Crippen LogP contribution in [0.2, 0.25) is 0 Å². The Kier molecular flexibility index (Phi) is 11.2. The van der Waals surface area contributed by atoms with Crippen LogP contribution in [0.15, 0.2) is 33.3 Å². The number of halogens is 1. The van der Waals surface area contributed by atoms with Gasteiger partial charge in [-0.05, 0) is 66.2 Å². The van der Waals surface area contributed by atoms with Crippen LogP contribution in [-0.2, 0) is 0 Å². The molecular weight excluding hydrogens is 495 g/mol. The van der Waals surface area contributed by atoms with Gasteiger partial charge in [-0.3, -0.25) is 0 Å². The summed E-state index contributed by atoms with van der Waals surface area (Å²) in [5.74, 6) is 0. The molecule has 1 unspecified atom stereocenters. The number of nitrogens with zero attached hydrogens (tertiary/aromatic N) is 2. The van der Waals surface area contributed by atoms with E-state index in [2.05, 4.69) is 77.0 Å². The first-order chi connectivity index (χ1) is 13.5. The smallest absolute Gasteiger partial charge is 0.164 e. The minimum atomic E-state index is 0.0217. The van der Waals surface area contributed by atoms with Gasteiger partial charge >= 0.3 is 0 Å². The Labute approximate surface area is 196 Å². The van der Waals surface area contributed by atoms with Crippen molar-refractivity contribution < 1.29 is 0 Å². The highest BCUT2D eigenvalue weighted by Crippen LogP contribution is 2.50. The number of rotatable bonds is 13. The average Bonchev–Trinajstić information content (AvgIpc) is 3.15. The molecule has 160 valence electrons. The topological polar surface area (TPSA) is 6.48 Å². The van der Waals surface area contributed by atoms with Crippen molar-refractivity contribution in [1.82, 2.24) is 9.80 Å². The third kappa shape index (κ3) is 7.19. The van der Waals surface area contributed by atoms with Crippen LogP contribution >= 0.6 is 46.1 Å². The monoisotopic (exact) mass is 534 g/mol. The summed E-state index contributed by atoms with van der Waals surface area (Å²) >= 11 is 6.54. The van der Waals surface area contributed by atoms with E-state index in [9.17, 15) is 0 Å². The molecule has 0 aromatic carbocycles. The van der Waals surface area contributed by atoms with Gasteiger partial charge in [-0.2, -0.15) is 0 Å². The standard InChI is InChI=1S/C23H39IN2S2/c1-5-7-9-11-13-15-25-20(3)18-27-22(25)17-23(24)26(21(4)19-28-23)16-14-12-10-8-6-2/h17-19H,5-16H2,1-4H3/b22-17+. The minimum Gasteiger partial charge on any atom is -0.348 e. The number of hydrogen-bond donors (Lipinski definition) is 0. The van der Waals surface area contributed by atoms with E-state index in [0.29, 0.717) is 0 Å². The molecule has 0 spiro atoms. The maximum Gasteiger partial charge on any atom is 0.164 e. The van der Waals surface area contributed by atoms with Gasteiger partial charge in [0.25, 0.3) is 0 Å². The fraction of sp³-hybridized carbons (Fsp3) is 0.739. The van der Waals surface area contributed by atoms with Gasteiger partial charge in [0, 0.05) is 24.5 Å². The maximum atomic E-state index is 2.67. The quantitative estimate of drug-likeness (QED) is 0.101. The summed E-state index contributed by atoms with van der Waals surface area (Å²) in [6.45, 7) is 11.4.